The molecular weight excluding hydrogens is 158 g/mol. The number of rotatable bonds is 3. The van der Waals surface area contributed by atoms with Crippen molar-refractivity contribution < 1.29 is 9.66 Å². The van der Waals surface area contributed by atoms with Crippen molar-refractivity contribution in [3.05, 3.63) is 33.5 Å². The molecule has 0 amide bonds. The van der Waals surface area contributed by atoms with Crippen LogP contribution in [0.4, 0.5) is 0 Å². The molecule has 0 spiro atoms. The highest BCUT2D eigenvalue weighted by atomic mass is 16.6. The molecule has 0 atom stereocenters. The van der Waals surface area contributed by atoms with Gasteiger partial charge in [0.15, 0.2) is 0 Å². The number of methoxy groups -OCH3 is 1. The predicted molar refractivity (Wildman–Crippen MR) is 44.3 cm³/mol. The summed E-state index contributed by atoms with van der Waals surface area (Å²) in [7, 11) is 1.54. The van der Waals surface area contributed by atoms with Crippen molar-refractivity contribution in [2.75, 3.05) is 13.7 Å². The van der Waals surface area contributed by atoms with Crippen molar-refractivity contribution >= 4 is 0 Å². The van der Waals surface area contributed by atoms with Crippen molar-refractivity contribution in [1.29, 1.82) is 0 Å². The molecule has 66 valence electrons. The van der Waals surface area contributed by atoms with E-state index in [0.29, 0.717) is 6.61 Å². The summed E-state index contributed by atoms with van der Waals surface area (Å²) < 4.78 is 4.87. The molecule has 0 unspecified atom stereocenters. The summed E-state index contributed by atoms with van der Waals surface area (Å²) in [6, 6.07) is 0. The van der Waals surface area contributed by atoms with Gasteiger partial charge in [-0.2, -0.15) is 0 Å². The number of nitro groups is 1. The third kappa shape index (κ3) is 1.92. The monoisotopic (exact) mass is 169 g/mol. The second-order valence-electron chi connectivity index (χ2n) is 2.62. The number of hydrogen-bond donors (Lipinski definition) is 0. The van der Waals surface area contributed by atoms with Crippen LogP contribution in [0.15, 0.2) is 23.4 Å². The maximum atomic E-state index is 10.5. The largest absolute Gasteiger partial charge is 0.380 e. The Morgan fingerprint density at radius 3 is 3.08 bits per heavy atom. The van der Waals surface area contributed by atoms with Gasteiger partial charge in [-0.15, -0.1) is 0 Å². The van der Waals surface area contributed by atoms with Crippen LogP contribution < -0.4 is 0 Å². The highest BCUT2D eigenvalue weighted by molar-refractivity contribution is 5.24. The highest BCUT2D eigenvalue weighted by Gasteiger charge is 2.17. The maximum absolute atomic E-state index is 10.5. The molecule has 1 aliphatic rings. The summed E-state index contributed by atoms with van der Waals surface area (Å²) in [4.78, 5) is 10.1. The van der Waals surface area contributed by atoms with Gasteiger partial charge in [0.25, 0.3) is 5.70 Å². The fourth-order valence-electron chi connectivity index (χ4n) is 1.21. The molecule has 0 aliphatic heterocycles. The summed E-state index contributed by atoms with van der Waals surface area (Å²) in [5.41, 5.74) is 0.980. The molecule has 1 rings (SSSR count). The van der Waals surface area contributed by atoms with E-state index in [0.717, 1.165) is 18.4 Å². The Hall–Kier alpha value is -1.16. The average molecular weight is 169 g/mol. The second-order valence-corrected chi connectivity index (χ2v) is 2.62. The van der Waals surface area contributed by atoms with Crippen molar-refractivity contribution in [2.45, 2.75) is 12.8 Å². The molecule has 0 saturated heterocycles. The first-order valence-corrected chi connectivity index (χ1v) is 3.77. The summed E-state index contributed by atoms with van der Waals surface area (Å²) in [6.07, 6.45) is 4.98. The molecule has 0 heterocycles. The minimum atomic E-state index is -0.357. The number of allylic oxidation sites excluding steroid dienone is 2. The van der Waals surface area contributed by atoms with Crippen molar-refractivity contribution in [3.8, 4) is 0 Å². The lowest BCUT2D eigenvalue weighted by molar-refractivity contribution is -0.420. The third-order valence-corrected chi connectivity index (χ3v) is 1.77. The van der Waals surface area contributed by atoms with Gasteiger partial charge in [0.05, 0.1) is 11.5 Å². The van der Waals surface area contributed by atoms with Gasteiger partial charge in [-0.1, -0.05) is 6.08 Å². The van der Waals surface area contributed by atoms with E-state index in [9.17, 15) is 10.1 Å². The summed E-state index contributed by atoms with van der Waals surface area (Å²) in [6.45, 7) is 0.362. The Labute approximate surface area is 70.7 Å². The topological polar surface area (TPSA) is 52.4 Å². The first-order valence-electron chi connectivity index (χ1n) is 3.77. The zero-order valence-corrected chi connectivity index (χ0v) is 6.95. The fourth-order valence-corrected chi connectivity index (χ4v) is 1.21. The Bertz CT molecular complexity index is 243. The van der Waals surface area contributed by atoms with Crippen LogP contribution >= 0.6 is 0 Å². The Morgan fingerprint density at radius 1 is 1.75 bits per heavy atom. The Balaban J connectivity index is 2.84. The summed E-state index contributed by atoms with van der Waals surface area (Å²) in [5.74, 6) is 0. The van der Waals surface area contributed by atoms with E-state index in [1.165, 1.54) is 0 Å². The minimum absolute atomic E-state index is 0.197. The van der Waals surface area contributed by atoms with Gasteiger partial charge in [-0.05, 0) is 12.8 Å². The van der Waals surface area contributed by atoms with Crippen LogP contribution in [0.1, 0.15) is 12.8 Å². The number of hydrogen-bond acceptors (Lipinski definition) is 3. The third-order valence-electron chi connectivity index (χ3n) is 1.77. The standard InChI is InChI=1S/C8H11NO3/c1-12-6-7-4-2-3-5-8(7)9(10)11/h3,5H,2,4,6H2,1H3. The molecule has 0 aromatic carbocycles. The van der Waals surface area contributed by atoms with E-state index >= 15 is 0 Å². The molecular formula is C8H11NO3. The average Bonchev–Trinajstić information content (AvgIpc) is 2.05. The number of ether oxygens (including phenoxy) is 1. The van der Waals surface area contributed by atoms with E-state index in [1.807, 2.05) is 6.08 Å². The van der Waals surface area contributed by atoms with Crippen LogP contribution in [0, 0.1) is 10.1 Å². The normalized spacial score (nSPS) is 16.8. The molecule has 0 radical (unpaired) electrons. The van der Waals surface area contributed by atoms with Crippen LogP contribution in [0.5, 0.6) is 0 Å². The van der Waals surface area contributed by atoms with Gasteiger partial charge < -0.3 is 4.74 Å². The molecule has 0 saturated carbocycles. The first kappa shape index (κ1) is 8.93. The number of nitrogens with zero attached hydrogens (tertiary/aromatic N) is 1. The van der Waals surface area contributed by atoms with E-state index in [4.69, 9.17) is 4.74 Å². The Kier molecular flexibility index (Phi) is 2.99. The van der Waals surface area contributed by atoms with E-state index in [2.05, 4.69) is 0 Å². The van der Waals surface area contributed by atoms with Gasteiger partial charge in [0.1, 0.15) is 0 Å². The zero-order valence-electron chi connectivity index (χ0n) is 6.95. The lowest BCUT2D eigenvalue weighted by Gasteiger charge is -2.08. The SMILES string of the molecule is COCC1=C([N+](=O)[O-])C=CCC1. The van der Waals surface area contributed by atoms with Crippen LogP contribution in [0.3, 0.4) is 0 Å². The molecule has 0 fully saturated rings. The highest BCUT2D eigenvalue weighted by Crippen LogP contribution is 2.19. The van der Waals surface area contributed by atoms with Gasteiger partial charge >= 0.3 is 0 Å². The molecule has 0 N–H and O–H groups in total. The molecule has 0 aromatic rings. The van der Waals surface area contributed by atoms with Crippen LogP contribution in [-0.4, -0.2) is 18.6 Å². The van der Waals surface area contributed by atoms with E-state index in [1.54, 1.807) is 13.2 Å². The fraction of sp³-hybridized carbons (Fsp3) is 0.500. The van der Waals surface area contributed by atoms with Crippen molar-refractivity contribution in [2.24, 2.45) is 0 Å². The van der Waals surface area contributed by atoms with Gasteiger partial charge in [-0.25, -0.2) is 0 Å². The minimum Gasteiger partial charge on any atom is -0.380 e. The van der Waals surface area contributed by atoms with E-state index in [-0.39, 0.29) is 10.6 Å². The van der Waals surface area contributed by atoms with Crippen LogP contribution in [0.2, 0.25) is 0 Å². The molecule has 4 heteroatoms. The lowest BCUT2D eigenvalue weighted by Crippen LogP contribution is -2.08. The van der Waals surface area contributed by atoms with Crippen molar-refractivity contribution in [1.82, 2.24) is 0 Å². The van der Waals surface area contributed by atoms with Gasteiger partial charge in [-0.3, -0.25) is 10.1 Å². The molecule has 12 heavy (non-hydrogen) atoms. The van der Waals surface area contributed by atoms with Crippen LogP contribution in [-0.2, 0) is 4.74 Å². The van der Waals surface area contributed by atoms with Crippen LogP contribution in [0.25, 0.3) is 0 Å². The zero-order chi connectivity index (χ0) is 8.97. The first-order chi connectivity index (χ1) is 5.75. The smallest absolute Gasteiger partial charge is 0.270 e. The molecule has 0 bridgehead atoms. The quantitative estimate of drug-likeness (QED) is 0.475. The summed E-state index contributed by atoms with van der Waals surface area (Å²) in [5, 5.41) is 10.5. The van der Waals surface area contributed by atoms with Crippen molar-refractivity contribution in [3.63, 3.8) is 0 Å². The summed E-state index contributed by atoms with van der Waals surface area (Å²) >= 11 is 0. The second kappa shape index (κ2) is 4.01. The van der Waals surface area contributed by atoms with E-state index < -0.39 is 0 Å². The predicted octanol–water partition coefficient (Wildman–Crippen LogP) is 1.51. The molecule has 4 nitrogen and oxygen atoms in total. The molecule has 0 aromatic heterocycles. The lowest BCUT2D eigenvalue weighted by atomic mass is 10.0. The van der Waals surface area contributed by atoms with Gasteiger partial charge in [0.2, 0.25) is 0 Å². The Morgan fingerprint density at radius 2 is 2.50 bits per heavy atom. The molecule has 1 aliphatic carbocycles. The maximum Gasteiger partial charge on any atom is 0.270 e. The van der Waals surface area contributed by atoms with Gasteiger partial charge in [0, 0.05) is 18.8 Å².